The van der Waals surface area contributed by atoms with Crippen molar-refractivity contribution < 1.29 is 0 Å². The van der Waals surface area contributed by atoms with Gasteiger partial charge in [0.1, 0.15) is 0 Å². The van der Waals surface area contributed by atoms with Gasteiger partial charge in [-0.25, -0.2) is 0 Å². The predicted molar refractivity (Wildman–Crippen MR) is 82.5 cm³/mol. The van der Waals surface area contributed by atoms with Gasteiger partial charge >= 0.3 is 0 Å². The maximum absolute atomic E-state index is 6.71. The largest absolute Gasteiger partial charge is 0.326 e. The predicted octanol–water partition coefficient (Wildman–Crippen LogP) is 2.75. The molecule has 3 heteroatoms. The Balaban J connectivity index is 1.75. The van der Waals surface area contributed by atoms with Crippen molar-refractivity contribution in [3.05, 3.63) is 30.1 Å². The molecular formula is C17H27N3. The second kappa shape index (κ2) is 6.23. The molecule has 1 unspecified atom stereocenters. The number of pyridine rings is 1. The van der Waals surface area contributed by atoms with Crippen LogP contribution >= 0.6 is 0 Å². The molecule has 1 aromatic rings. The molecule has 20 heavy (non-hydrogen) atoms. The SMILES string of the molecule is NC(Cc1cccnc1)C1(N2CCCCC2)CCCC1. The third-order valence-electron chi connectivity index (χ3n) is 5.32. The molecule has 0 aromatic carbocycles. The molecule has 1 saturated heterocycles. The zero-order chi connectivity index (χ0) is 13.8. The van der Waals surface area contributed by atoms with Gasteiger partial charge in [-0.3, -0.25) is 9.88 Å². The van der Waals surface area contributed by atoms with E-state index in [0.29, 0.717) is 0 Å². The van der Waals surface area contributed by atoms with Crippen molar-refractivity contribution in [3.63, 3.8) is 0 Å². The lowest BCUT2D eigenvalue weighted by atomic mass is 9.82. The van der Waals surface area contributed by atoms with E-state index in [1.54, 1.807) is 0 Å². The molecule has 1 aromatic heterocycles. The average molecular weight is 273 g/mol. The molecule has 2 heterocycles. The van der Waals surface area contributed by atoms with E-state index in [2.05, 4.69) is 16.0 Å². The Kier molecular flexibility index (Phi) is 4.37. The maximum atomic E-state index is 6.71. The minimum Gasteiger partial charge on any atom is -0.326 e. The highest BCUT2D eigenvalue weighted by Gasteiger charge is 2.44. The Morgan fingerprint density at radius 2 is 1.90 bits per heavy atom. The van der Waals surface area contributed by atoms with Gasteiger partial charge in [0.05, 0.1) is 0 Å². The van der Waals surface area contributed by atoms with Gasteiger partial charge in [-0.2, -0.15) is 0 Å². The van der Waals surface area contributed by atoms with Crippen LogP contribution in [0.4, 0.5) is 0 Å². The summed E-state index contributed by atoms with van der Waals surface area (Å²) in [5, 5.41) is 0. The van der Waals surface area contributed by atoms with E-state index in [4.69, 9.17) is 5.73 Å². The van der Waals surface area contributed by atoms with E-state index in [1.807, 2.05) is 18.5 Å². The first-order chi connectivity index (χ1) is 9.81. The van der Waals surface area contributed by atoms with Crippen LogP contribution in [0.5, 0.6) is 0 Å². The van der Waals surface area contributed by atoms with Crippen molar-refractivity contribution in [2.45, 2.75) is 62.9 Å². The van der Waals surface area contributed by atoms with Crippen molar-refractivity contribution in [1.82, 2.24) is 9.88 Å². The third kappa shape index (κ3) is 2.75. The van der Waals surface area contributed by atoms with Crippen molar-refractivity contribution in [2.24, 2.45) is 5.73 Å². The van der Waals surface area contributed by atoms with Crippen molar-refractivity contribution in [1.29, 1.82) is 0 Å². The second-order valence-electron chi connectivity index (χ2n) is 6.53. The first-order valence-electron chi connectivity index (χ1n) is 8.21. The van der Waals surface area contributed by atoms with Gasteiger partial charge in [0, 0.05) is 24.0 Å². The van der Waals surface area contributed by atoms with Crippen molar-refractivity contribution >= 4 is 0 Å². The summed E-state index contributed by atoms with van der Waals surface area (Å²) in [5.74, 6) is 0. The van der Waals surface area contributed by atoms with Crippen LogP contribution in [0.1, 0.15) is 50.5 Å². The zero-order valence-electron chi connectivity index (χ0n) is 12.4. The Morgan fingerprint density at radius 1 is 1.15 bits per heavy atom. The second-order valence-corrected chi connectivity index (χ2v) is 6.53. The van der Waals surface area contributed by atoms with E-state index in [9.17, 15) is 0 Å². The van der Waals surface area contributed by atoms with Crippen LogP contribution < -0.4 is 5.73 Å². The quantitative estimate of drug-likeness (QED) is 0.917. The molecule has 2 N–H and O–H groups in total. The first-order valence-corrected chi connectivity index (χ1v) is 8.21. The van der Waals surface area contributed by atoms with E-state index >= 15 is 0 Å². The van der Waals surface area contributed by atoms with Crippen LogP contribution in [0.15, 0.2) is 24.5 Å². The minimum atomic E-state index is 0.243. The fraction of sp³-hybridized carbons (Fsp3) is 0.706. The molecule has 0 spiro atoms. The third-order valence-corrected chi connectivity index (χ3v) is 5.32. The highest BCUT2D eigenvalue weighted by molar-refractivity contribution is 5.14. The number of likely N-dealkylation sites (tertiary alicyclic amines) is 1. The Morgan fingerprint density at radius 3 is 2.55 bits per heavy atom. The van der Waals surface area contributed by atoms with Crippen LogP contribution in [-0.2, 0) is 6.42 Å². The fourth-order valence-electron chi connectivity index (χ4n) is 4.21. The molecule has 1 atom stereocenters. The lowest BCUT2D eigenvalue weighted by molar-refractivity contribution is 0.0482. The summed E-state index contributed by atoms with van der Waals surface area (Å²) in [6.45, 7) is 2.50. The van der Waals surface area contributed by atoms with Crippen molar-refractivity contribution in [3.8, 4) is 0 Å². The molecular weight excluding hydrogens is 246 g/mol. The topological polar surface area (TPSA) is 42.1 Å². The number of nitrogens with zero attached hydrogens (tertiary/aromatic N) is 2. The number of hydrogen-bond donors (Lipinski definition) is 1. The molecule has 0 radical (unpaired) electrons. The number of piperidine rings is 1. The summed E-state index contributed by atoms with van der Waals surface area (Å²) < 4.78 is 0. The van der Waals surface area contributed by atoms with E-state index in [0.717, 1.165) is 6.42 Å². The summed E-state index contributed by atoms with van der Waals surface area (Å²) in [6.07, 6.45) is 14.1. The number of rotatable bonds is 4. The molecule has 1 aliphatic carbocycles. The smallest absolute Gasteiger partial charge is 0.0363 e. The maximum Gasteiger partial charge on any atom is 0.0363 e. The average Bonchev–Trinajstić information content (AvgIpc) is 3.00. The molecule has 1 aliphatic heterocycles. The molecule has 3 rings (SSSR count). The van der Waals surface area contributed by atoms with Gasteiger partial charge in [0.15, 0.2) is 0 Å². The zero-order valence-corrected chi connectivity index (χ0v) is 12.4. The van der Waals surface area contributed by atoms with E-state index in [1.165, 1.54) is 63.6 Å². The van der Waals surface area contributed by atoms with E-state index in [-0.39, 0.29) is 11.6 Å². The van der Waals surface area contributed by atoms with Gasteiger partial charge in [0.2, 0.25) is 0 Å². The molecule has 2 fully saturated rings. The van der Waals surface area contributed by atoms with E-state index < -0.39 is 0 Å². The monoisotopic (exact) mass is 273 g/mol. The Hall–Kier alpha value is -0.930. The standard InChI is InChI=1S/C17H27N3/c18-16(13-15-7-6-10-19-14-15)17(8-2-3-9-17)20-11-4-1-5-12-20/h6-7,10,14,16H,1-5,8-9,11-13,18H2. The lowest BCUT2D eigenvalue weighted by Crippen LogP contribution is -2.60. The normalized spacial score (nSPS) is 24.6. The molecule has 0 amide bonds. The van der Waals surface area contributed by atoms with Crippen LogP contribution in [-0.4, -0.2) is 34.6 Å². The number of aromatic nitrogens is 1. The summed E-state index contributed by atoms with van der Waals surface area (Å²) >= 11 is 0. The van der Waals surface area contributed by atoms with Crippen LogP contribution in [0.25, 0.3) is 0 Å². The summed E-state index contributed by atoms with van der Waals surface area (Å²) in [7, 11) is 0. The van der Waals surface area contributed by atoms with Crippen LogP contribution in [0.3, 0.4) is 0 Å². The number of nitrogens with two attached hydrogens (primary N) is 1. The summed E-state index contributed by atoms with van der Waals surface area (Å²) in [6, 6.07) is 4.42. The van der Waals surface area contributed by atoms with Gasteiger partial charge in [-0.05, 0) is 56.8 Å². The van der Waals surface area contributed by atoms with Crippen molar-refractivity contribution in [2.75, 3.05) is 13.1 Å². The Bertz CT molecular complexity index is 406. The molecule has 0 bridgehead atoms. The summed E-state index contributed by atoms with van der Waals surface area (Å²) in [5.41, 5.74) is 8.25. The van der Waals surface area contributed by atoms with Gasteiger partial charge < -0.3 is 5.73 Å². The van der Waals surface area contributed by atoms with Gasteiger partial charge in [0.25, 0.3) is 0 Å². The van der Waals surface area contributed by atoms with Crippen LogP contribution in [0, 0.1) is 0 Å². The highest BCUT2D eigenvalue weighted by atomic mass is 15.2. The van der Waals surface area contributed by atoms with Gasteiger partial charge in [-0.1, -0.05) is 25.3 Å². The van der Waals surface area contributed by atoms with Crippen LogP contribution in [0.2, 0.25) is 0 Å². The fourth-order valence-corrected chi connectivity index (χ4v) is 4.21. The van der Waals surface area contributed by atoms with Gasteiger partial charge in [-0.15, -0.1) is 0 Å². The number of hydrogen-bond acceptors (Lipinski definition) is 3. The molecule has 1 saturated carbocycles. The summed E-state index contributed by atoms with van der Waals surface area (Å²) in [4.78, 5) is 6.96. The molecule has 2 aliphatic rings. The first kappa shape index (κ1) is 14.0. The Labute approximate surface area is 122 Å². The lowest BCUT2D eigenvalue weighted by Gasteiger charge is -2.47. The minimum absolute atomic E-state index is 0.243. The molecule has 110 valence electrons. The highest BCUT2D eigenvalue weighted by Crippen LogP contribution is 2.39. The molecule has 3 nitrogen and oxygen atoms in total.